The molecule has 0 fully saturated rings. The third kappa shape index (κ3) is 2.16. The van der Waals surface area contributed by atoms with Gasteiger partial charge in [0, 0.05) is 12.4 Å². The summed E-state index contributed by atoms with van der Waals surface area (Å²) in [4.78, 5) is 4.43. The van der Waals surface area contributed by atoms with E-state index < -0.39 is 0 Å². The van der Waals surface area contributed by atoms with Gasteiger partial charge in [0.25, 0.3) is 5.89 Å². The lowest BCUT2D eigenvalue weighted by Crippen LogP contribution is -2.07. The summed E-state index contributed by atoms with van der Waals surface area (Å²) in [6, 6.07) is 9.31. The molecule has 0 bridgehead atoms. The number of methoxy groups -OCH3 is 1. The summed E-state index contributed by atoms with van der Waals surface area (Å²) in [6.45, 7) is 1.95. The monoisotopic (exact) mass is 270 g/mol. The van der Waals surface area contributed by atoms with Gasteiger partial charge >= 0.3 is 0 Å². The first-order chi connectivity index (χ1) is 9.79. The highest BCUT2D eigenvalue weighted by Gasteiger charge is 2.18. The van der Waals surface area contributed by atoms with Crippen molar-refractivity contribution >= 4 is 0 Å². The van der Waals surface area contributed by atoms with Crippen molar-refractivity contribution in [2.75, 3.05) is 7.11 Å². The van der Waals surface area contributed by atoms with Gasteiger partial charge in [-0.3, -0.25) is 4.68 Å². The molecule has 3 rings (SSSR count). The van der Waals surface area contributed by atoms with E-state index in [-0.39, 0.29) is 6.04 Å². The number of hydrogen-bond acceptors (Lipinski definition) is 5. The Morgan fingerprint density at radius 2 is 2.10 bits per heavy atom. The highest BCUT2D eigenvalue weighted by atomic mass is 16.5. The number of ether oxygens (including phenoxy) is 1. The molecule has 0 radical (unpaired) electrons. The largest absolute Gasteiger partial charge is 0.496 e. The summed E-state index contributed by atoms with van der Waals surface area (Å²) in [5, 5.41) is 8.19. The summed E-state index contributed by atoms with van der Waals surface area (Å²) in [7, 11) is 1.62. The molecule has 6 nitrogen and oxygen atoms in total. The molecule has 1 aromatic carbocycles. The van der Waals surface area contributed by atoms with E-state index in [0.717, 1.165) is 5.56 Å². The van der Waals surface area contributed by atoms with Crippen LogP contribution in [0.4, 0.5) is 0 Å². The van der Waals surface area contributed by atoms with Crippen LogP contribution in [-0.2, 0) is 0 Å². The van der Waals surface area contributed by atoms with E-state index in [2.05, 4.69) is 15.2 Å². The van der Waals surface area contributed by atoms with E-state index in [1.807, 2.05) is 43.5 Å². The molecule has 0 N–H and O–H groups in total. The molecular weight excluding hydrogens is 256 g/mol. The van der Waals surface area contributed by atoms with Gasteiger partial charge in [-0.2, -0.15) is 10.1 Å². The average molecular weight is 270 g/mol. The third-order valence-corrected chi connectivity index (χ3v) is 3.07. The molecule has 0 aliphatic rings. The van der Waals surface area contributed by atoms with Gasteiger partial charge in [0.05, 0.1) is 12.7 Å². The number of hydrogen-bond donors (Lipinski definition) is 0. The van der Waals surface area contributed by atoms with Crippen LogP contribution in [0, 0.1) is 0 Å². The molecule has 3 aromatic rings. The summed E-state index contributed by atoms with van der Waals surface area (Å²) in [5.41, 5.74) is 0.803. The van der Waals surface area contributed by atoms with E-state index in [4.69, 9.17) is 9.26 Å². The minimum Gasteiger partial charge on any atom is -0.496 e. The molecule has 0 aliphatic carbocycles. The summed E-state index contributed by atoms with van der Waals surface area (Å²) in [6.07, 6.45) is 3.58. The minimum atomic E-state index is -0.110. The van der Waals surface area contributed by atoms with Crippen molar-refractivity contribution in [2.24, 2.45) is 0 Å². The lowest BCUT2D eigenvalue weighted by Gasteiger charge is -2.06. The molecule has 20 heavy (non-hydrogen) atoms. The zero-order valence-corrected chi connectivity index (χ0v) is 11.2. The first-order valence-electron chi connectivity index (χ1n) is 6.25. The fourth-order valence-corrected chi connectivity index (χ4v) is 1.97. The smallest absolute Gasteiger partial charge is 0.251 e. The lowest BCUT2D eigenvalue weighted by atomic mass is 10.2. The normalized spacial score (nSPS) is 12.3. The van der Waals surface area contributed by atoms with E-state index in [9.17, 15) is 0 Å². The summed E-state index contributed by atoms with van der Waals surface area (Å²) < 4.78 is 12.4. The number of rotatable bonds is 4. The molecule has 102 valence electrons. The van der Waals surface area contributed by atoms with Crippen molar-refractivity contribution in [1.29, 1.82) is 0 Å². The molecule has 0 spiro atoms. The van der Waals surface area contributed by atoms with Gasteiger partial charge in [0.15, 0.2) is 0 Å². The summed E-state index contributed by atoms with van der Waals surface area (Å²) >= 11 is 0. The number of benzene rings is 1. The van der Waals surface area contributed by atoms with Crippen LogP contribution < -0.4 is 4.74 Å². The summed E-state index contributed by atoms with van der Waals surface area (Å²) in [5.74, 6) is 1.73. The second kappa shape index (κ2) is 5.16. The van der Waals surface area contributed by atoms with Gasteiger partial charge in [0.1, 0.15) is 11.8 Å². The molecule has 1 atom stereocenters. The second-order valence-electron chi connectivity index (χ2n) is 4.32. The fraction of sp³-hybridized carbons (Fsp3) is 0.214. The lowest BCUT2D eigenvalue weighted by molar-refractivity contribution is 0.336. The van der Waals surface area contributed by atoms with Crippen LogP contribution in [0.3, 0.4) is 0 Å². The maximum atomic E-state index is 5.33. The van der Waals surface area contributed by atoms with Crippen molar-refractivity contribution in [1.82, 2.24) is 19.9 Å². The fourth-order valence-electron chi connectivity index (χ4n) is 1.97. The Hall–Kier alpha value is -2.63. The Morgan fingerprint density at radius 3 is 2.85 bits per heavy atom. The molecule has 0 amide bonds. The van der Waals surface area contributed by atoms with E-state index in [1.54, 1.807) is 18.0 Å². The molecule has 0 aliphatic heterocycles. The molecule has 0 saturated carbocycles. The van der Waals surface area contributed by atoms with E-state index in [1.165, 1.54) is 0 Å². The first kappa shape index (κ1) is 12.4. The quantitative estimate of drug-likeness (QED) is 0.729. The van der Waals surface area contributed by atoms with Crippen LogP contribution in [0.1, 0.15) is 18.9 Å². The first-order valence-corrected chi connectivity index (χ1v) is 6.25. The Balaban J connectivity index is 1.94. The Kier molecular flexibility index (Phi) is 3.20. The van der Waals surface area contributed by atoms with Crippen LogP contribution in [0.5, 0.6) is 5.75 Å². The predicted octanol–water partition coefficient (Wildman–Crippen LogP) is 2.55. The van der Waals surface area contributed by atoms with Crippen molar-refractivity contribution in [3.8, 4) is 17.1 Å². The minimum absolute atomic E-state index is 0.110. The van der Waals surface area contributed by atoms with Crippen molar-refractivity contribution in [2.45, 2.75) is 13.0 Å². The van der Waals surface area contributed by atoms with Gasteiger partial charge in [-0.1, -0.05) is 17.3 Å². The topological polar surface area (TPSA) is 66.0 Å². The van der Waals surface area contributed by atoms with Gasteiger partial charge in [0.2, 0.25) is 5.82 Å². The Bertz CT molecular complexity index is 691. The number of para-hydroxylation sites is 1. The van der Waals surface area contributed by atoms with Crippen molar-refractivity contribution < 1.29 is 9.26 Å². The van der Waals surface area contributed by atoms with Crippen LogP contribution in [0.15, 0.2) is 47.2 Å². The zero-order chi connectivity index (χ0) is 13.9. The molecule has 2 aromatic heterocycles. The number of nitrogens with zero attached hydrogens (tertiary/aromatic N) is 4. The highest BCUT2D eigenvalue weighted by molar-refractivity contribution is 5.63. The molecule has 2 heterocycles. The molecule has 6 heteroatoms. The molecular formula is C14H14N4O2. The van der Waals surface area contributed by atoms with Gasteiger partial charge in [-0.25, -0.2) is 0 Å². The molecule has 1 unspecified atom stereocenters. The van der Waals surface area contributed by atoms with Crippen LogP contribution in [-0.4, -0.2) is 27.0 Å². The standard InChI is InChI=1S/C14H14N4O2/c1-10(18-9-5-8-15-18)14-16-13(17-20-14)11-6-3-4-7-12(11)19-2/h3-10H,1-2H3. The van der Waals surface area contributed by atoms with Crippen LogP contribution >= 0.6 is 0 Å². The van der Waals surface area contributed by atoms with Gasteiger partial charge in [-0.15, -0.1) is 0 Å². The van der Waals surface area contributed by atoms with Gasteiger partial charge < -0.3 is 9.26 Å². The maximum Gasteiger partial charge on any atom is 0.251 e. The van der Waals surface area contributed by atoms with Crippen LogP contribution in [0.25, 0.3) is 11.4 Å². The van der Waals surface area contributed by atoms with E-state index >= 15 is 0 Å². The van der Waals surface area contributed by atoms with E-state index in [0.29, 0.717) is 17.5 Å². The third-order valence-electron chi connectivity index (χ3n) is 3.07. The van der Waals surface area contributed by atoms with Crippen molar-refractivity contribution in [3.63, 3.8) is 0 Å². The number of aromatic nitrogens is 4. The van der Waals surface area contributed by atoms with Crippen molar-refractivity contribution in [3.05, 3.63) is 48.6 Å². The maximum absolute atomic E-state index is 5.33. The Labute approximate surface area is 116 Å². The average Bonchev–Trinajstić information content (AvgIpc) is 3.18. The van der Waals surface area contributed by atoms with Gasteiger partial charge in [-0.05, 0) is 25.1 Å². The highest BCUT2D eigenvalue weighted by Crippen LogP contribution is 2.28. The second-order valence-corrected chi connectivity index (χ2v) is 4.32. The zero-order valence-electron chi connectivity index (χ0n) is 11.2. The SMILES string of the molecule is COc1ccccc1-c1noc(C(C)n2cccn2)n1. The predicted molar refractivity (Wildman–Crippen MR) is 72.3 cm³/mol. The molecule has 0 saturated heterocycles. The Morgan fingerprint density at radius 1 is 1.25 bits per heavy atom. The van der Waals surface area contributed by atoms with Crippen LogP contribution in [0.2, 0.25) is 0 Å².